The molecule has 0 atom stereocenters. The molecule has 144 valence electrons. The zero-order chi connectivity index (χ0) is 18.4. The molecule has 0 saturated heterocycles. The van der Waals surface area contributed by atoms with E-state index in [-0.39, 0.29) is 35.6 Å². The van der Waals surface area contributed by atoms with Gasteiger partial charge in [-0.1, -0.05) is 18.2 Å². The predicted octanol–water partition coefficient (Wildman–Crippen LogP) is 4.01. The van der Waals surface area contributed by atoms with Crippen molar-refractivity contribution in [2.24, 2.45) is 4.99 Å². The van der Waals surface area contributed by atoms with Crippen LogP contribution in [0.15, 0.2) is 53.7 Å². The first-order valence-corrected chi connectivity index (χ1v) is 8.61. The molecule has 0 aliphatic carbocycles. The maximum absolute atomic E-state index is 13.6. The second-order valence-electron chi connectivity index (χ2n) is 6.02. The summed E-state index contributed by atoms with van der Waals surface area (Å²) in [6.07, 6.45) is 3.27. The molecule has 4 nitrogen and oxygen atoms in total. The van der Waals surface area contributed by atoms with Crippen LogP contribution in [0.5, 0.6) is 0 Å². The Balaban J connectivity index is 0.00000261. The molecular weight excluding hydrogens is 461 g/mol. The van der Waals surface area contributed by atoms with Crippen molar-refractivity contribution >= 4 is 40.8 Å². The van der Waals surface area contributed by atoms with Crippen molar-refractivity contribution in [2.45, 2.75) is 12.8 Å². The van der Waals surface area contributed by atoms with Gasteiger partial charge in [0.2, 0.25) is 0 Å². The third-order valence-corrected chi connectivity index (χ3v) is 4.28. The number of nitrogens with zero attached hydrogens (tertiary/aromatic N) is 1. The fourth-order valence-corrected chi connectivity index (χ4v) is 2.92. The van der Waals surface area contributed by atoms with Crippen molar-refractivity contribution in [3.8, 4) is 0 Å². The van der Waals surface area contributed by atoms with Gasteiger partial charge in [0.05, 0.1) is 0 Å². The number of hydrogen-bond acceptors (Lipinski definition) is 1. The van der Waals surface area contributed by atoms with Gasteiger partial charge in [-0.05, 0) is 48.2 Å². The van der Waals surface area contributed by atoms with E-state index < -0.39 is 0 Å². The van der Waals surface area contributed by atoms with Gasteiger partial charge in [0, 0.05) is 37.2 Å². The number of halogens is 3. The molecule has 0 amide bonds. The molecule has 0 bridgehead atoms. The Morgan fingerprint density at radius 2 is 1.70 bits per heavy atom. The van der Waals surface area contributed by atoms with Crippen molar-refractivity contribution < 1.29 is 8.78 Å². The first kappa shape index (κ1) is 21.1. The van der Waals surface area contributed by atoms with Gasteiger partial charge in [0.25, 0.3) is 0 Å². The minimum atomic E-state index is -0.247. The van der Waals surface area contributed by atoms with Crippen molar-refractivity contribution in [3.05, 3.63) is 71.4 Å². The van der Waals surface area contributed by atoms with Gasteiger partial charge in [0.15, 0.2) is 5.96 Å². The number of aromatic nitrogens is 1. The van der Waals surface area contributed by atoms with Gasteiger partial charge >= 0.3 is 0 Å². The molecule has 27 heavy (non-hydrogen) atoms. The van der Waals surface area contributed by atoms with Crippen molar-refractivity contribution in [1.29, 1.82) is 0 Å². The summed E-state index contributed by atoms with van der Waals surface area (Å²) >= 11 is 0. The summed E-state index contributed by atoms with van der Waals surface area (Å²) in [7, 11) is 1.70. The topological polar surface area (TPSA) is 52.2 Å². The van der Waals surface area contributed by atoms with Gasteiger partial charge in [-0.25, -0.2) is 8.78 Å². The summed E-state index contributed by atoms with van der Waals surface area (Å²) in [6, 6.07) is 11.5. The molecule has 3 aromatic rings. The normalized spacial score (nSPS) is 11.3. The average Bonchev–Trinajstić information content (AvgIpc) is 3.04. The Morgan fingerprint density at radius 1 is 1.00 bits per heavy atom. The molecular formula is C20H23F2IN4. The van der Waals surface area contributed by atoms with Crippen LogP contribution in [-0.4, -0.2) is 31.1 Å². The molecule has 3 rings (SSSR count). The van der Waals surface area contributed by atoms with E-state index in [0.29, 0.717) is 31.0 Å². The summed E-state index contributed by atoms with van der Waals surface area (Å²) in [5.74, 6) is 0.240. The fourth-order valence-electron chi connectivity index (χ4n) is 2.92. The summed E-state index contributed by atoms with van der Waals surface area (Å²) in [5.41, 5.74) is 2.60. The predicted molar refractivity (Wildman–Crippen MR) is 117 cm³/mol. The summed E-state index contributed by atoms with van der Waals surface area (Å²) in [6.45, 7) is 1.27. The maximum atomic E-state index is 13.6. The molecule has 0 unspecified atom stereocenters. The quantitative estimate of drug-likeness (QED) is 0.282. The van der Waals surface area contributed by atoms with Crippen LogP contribution in [0, 0.1) is 11.6 Å². The number of aliphatic imine (C=N–C) groups is 1. The van der Waals surface area contributed by atoms with E-state index in [0.717, 1.165) is 22.9 Å². The summed E-state index contributed by atoms with van der Waals surface area (Å²) in [4.78, 5) is 7.27. The van der Waals surface area contributed by atoms with E-state index in [2.05, 4.69) is 20.6 Å². The van der Waals surface area contributed by atoms with E-state index in [4.69, 9.17) is 0 Å². The van der Waals surface area contributed by atoms with E-state index in [9.17, 15) is 8.78 Å². The number of hydrogen-bond donors (Lipinski definition) is 3. The minimum absolute atomic E-state index is 0. The van der Waals surface area contributed by atoms with Gasteiger partial charge in [-0.15, -0.1) is 24.0 Å². The Bertz CT molecular complexity index is 908. The molecule has 0 fully saturated rings. The lowest BCUT2D eigenvalue weighted by Gasteiger charge is -2.12. The maximum Gasteiger partial charge on any atom is 0.190 e. The summed E-state index contributed by atoms with van der Waals surface area (Å²) in [5, 5.41) is 7.45. The van der Waals surface area contributed by atoms with Crippen LogP contribution in [0.3, 0.4) is 0 Å². The van der Waals surface area contributed by atoms with Crippen LogP contribution < -0.4 is 10.6 Å². The fraction of sp³-hybridized carbons (Fsp3) is 0.250. The van der Waals surface area contributed by atoms with Crippen LogP contribution in [0.25, 0.3) is 10.9 Å². The number of fused-ring (bicyclic) bond motifs is 1. The lowest BCUT2D eigenvalue weighted by atomic mass is 10.1. The van der Waals surface area contributed by atoms with Crippen LogP contribution in [-0.2, 0) is 12.8 Å². The number of benzene rings is 2. The Kier molecular flexibility index (Phi) is 8.02. The molecule has 3 N–H and O–H groups in total. The molecule has 0 spiro atoms. The van der Waals surface area contributed by atoms with Gasteiger partial charge in [-0.3, -0.25) is 4.99 Å². The Hall–Kier alpha value is -2.16. The highest BCUT2D eigenvalue weighted by molar-refractivity contribution is 14.0. The highest BCUT2D eigenvalue weighted by Gasteiger charge is 2.06. The van der Waals surface area contributed by atoms with Crippen LogP contribution in [0.4, 0.5) is 8.78 Å². The Morgan fingerprint density at radius 3 is 2.41 bits per heavy atom. The van der Waals surface area contributed by atoms with E-state index >= 15 is 0 Å². The van der Waals surface area contributed by atoms with Gasteiger partial charge < -0.3 is 15.6 Å². The number of guanidine groups is 1. The van der Waals surface area contributed by atoms with E-state index in [1.807, 2.05) is 12.3 Å². The summed E-state index contributed by atoms with van der Waals surface area (Å²) < 4.78 is 26.8. The molecule has 0 saturated carbocycles. The molecule has 2 aromatic carbocycles. The lowest BCUT2D eigenvalue weighted by Crippen LogP contribution is -2.39. The molecule has 1 aromatic heterocycles. The SMILES string of the molecule is CN=C(NCCc1ccccc1F)NCCc1c[nH]c2cc(F)ccc12.I. The van der Waals surface area contributed by atoms with E-state index in [1.54, 1.807) is 25.2 Å². The standard InChI is InChI=1S/C20H22F2N4.HI/c1-23-20(24-10-8-14-4-2-3-5-18(14)22)25-11-9-15-13-26-19-12-16(21)6-7-17(15)19;/h2-7,12-13,26H,8-11H2,1H3,(H2,23,24,25);1H. The largest absolute Gasteiger partial charge is 0.361 e. The van der Waals surface area contributed by atoms with Crippen LogP contribution >= 0.6 is 24.0 Å². The average molecular weight is 484 g/mol. The van der Waals surface area contributed by atoms with Crippen LogP contribution in [0.2, 0.25) is 0 Å². The van der Waals surface area contributed by atoms with Gasteiger partial charge in [0.1, 0.15) is 11.6 Å². The molecule has 0 aliphatic rings. The zero-order valence-electron chi connectivity index (χ0n) is 15.1. The third-order valence-electron chi connectivity index (χ3n) is 4.28. The number of nitrogens with one attached hydrogen (secondary N) is 3. The lowest BCUT2D eigenvalue weighted by molar-refractivity contribution is 0.606. The minimum Gasteiger partial charge on any atom is -0.361 e. The second-order valence-corrected chi connectivity index (χ2v) is 6.02. The monoisotopic (exact) mass is 484 g/mol. The van der Waals surface area contributed by atoms with Gasteiger partial charge in [-0.2, -0.15) is 0 Å². The van der Waals surface area contributed by atoms with E-state index in [1.165, 1.54) is 18.2 Å². The first-order chi connectivity index (χ1) is 12.7. The number of aromatic amines is 1. The second kappa shape index (κ2) is 10.2. The molecule has 1 heterocycles. The Labute approximate surface area is 174 Å². The first-order valence-electron chi connectivity index (χ1n) is 8.61. The van der Waals surface area contributed by atoms with Crippen molar-refractivity contribution in [1.82, 2.24) is 15.6 Å². The molecule has 0 radical (unpaired) electrons. The van der Waals surface area contributed by atoms with Crippen LogP contribution in [0.1, 0.15) is 11.1 Å². The highest BCUT2D eigenvalue weighted by atomic mass is 127. The molecule has 0 aliphatic heterocycles. The van der Waals surface area contributed by atoms with Crippen molar-refractivity contribution in [2.75, 3.05) is 20.1 Å². The number of H-pyrrole nitrogens is 1. The van der Waals surface area contributed by atoms with Crippen molar-refractivity contribution in [3.63, 3.8) is 0 Å². The number of rotatable bonds is 6. The third kappa shape index (κ3) is 5.66. The molecule has 7 heteroatoms. The zero-order valence-corrected chi connectivity index (χ0v) is 17.4. The smallest absolute Gasteiger partial charge is 0.190 e. The highest BCUT2D eigenvalue weighted by Crippen LogP contribution is 2.19.